The van der Waals surface area contributed by atoms with Gasteiger partial charge in [-0.15, -0.1) is 0 Å². The van der Waals surface area contributed by atoms with Crippen molar-refractivity contribution in [1.82, 2.24) is 24.6 Å². The van der Waals surface area contributed by atoms with E-state index in [0.717, 1.165) is 41.0 Å². The first-order chi connectivity index (χ1) is 15.9. The first-order valence-electron chi connectivity index (χ1n) is 11.1. The molecule has 0 saturated carbocycles. The van der Waals surface area contributed by atoms with Crippen molar-refractivity contribution in [1.29, 1.82) is 0 Å². The molecule has 0 unspecified atom stereocenters. The minimum atomic E-state index is -0.245. The van der Waals surface area contributed by atoms with E-state index in [1.165, 1.54) is 30.6 Å². The fourth-order valence-corrected chi connectivity index (χ4v) is 4.56. The van der Waals surface area contributed by atoms with Crippen molar-refractivity contribution in [2.45, 2.75) is 26.3 Å². The number of aryl methyl sites for hydroxylation is 2. The lowest BCUT2D eigenvalue weighted by Gasteiger charge is -2.22. The predicted molar refractivity (Wildman–Crippen MR) is 130 cm³/mol. The summed E-state index contributed by atoms with van der Waals surface area (Å²) in [5.74, 6) is 0.401. The number of rotatable bonds is 5. The zero-order valence-electron chi connectivity index (χ0n) is 19.4. The fourth-order valence-electron chi connectivity index (χ4n) is 4.56. The summed E-state index contributed by atoms with van der Waals surface area (Å²) in [4.78, 5) is 13.6. The van der Waals surface area contributed by atoms with Gasteiger partial charge >= 0.3 is 0 Å². The van der Waals surface area contributed by atoms with Crippen LogP contribution < -0.4 is 10.2 Å². The summed E-state index contributed by atoms with van der Waals surface area (Å²) in [6.45, 7) is 5.87. The maximum atomic E-state index is 13.7. The third-order valence-electron chi connectivity index (χ3n) is 6.46. The van der Waals surface area contributed by atoms with Crippen LogP contribution in [0.1, 0.15) is 17.5 Å². The number of hydrogen-bond acceptors (Lipinski definition) is 6. The van der Waals surface area contributed by atoms with Crippen molar-refractivity contribution >= 4 is 28.2 Å². The SMILES string of the molecule is Cc1cc(F)cc(C)c1Nc1ncnc2c1cnn2-c1ccc(N2CC[C@@H](N(C)C)C2)cc1. The second-order valence-electron chi connectivity index (χ2n) is 8.92. The van der Waals surface area contributed by atoms with Gasteiger partial charge in [0.05, 0.1) is 17.3 Å². The Morgan fingerprint density at radius 3 is 2.39 bits per heavy atom. The maximum Gasteiger partial charge on any atom is 0.168 e. The molecule has 1 saturated heterocycles. The molecule has 0 aliphatic carbocycles. The summed E-state index contributed by atoms with van der Waals surface area (Å²) in [6.07, 6.45) is 4.47. The van der Waals surface area contributed by atoms with Crippen LogP contribution in [0, 0.1) is 19.7 Å². The molecule has 1 atom stereocenters. The Balaban J connectivity index is 1.43. The van der Waals surface area contributed by atoms with E-state index in [-0.39, 0.29) is 5.82 Å². The summed E-state index contributed by atoms with van der Waals surface area (Å²) in [6, 6.07) is 12.1. The second kappa shape index (κ2) is 8.44. The summed E-state index contributed by atoms with van der Waals surface area (Å²) in [7, 11) is 4.29. The average molecular weight is 446 g/mol. The number of halogens is 1. The molecule has 170 valence electrons. The average Bonchev–Trinajstić information content (AvgIpc) is 3.44. The Hall–Kier alpha value is -3.52. The van der Waals surface area contributed by atoms with Crippen molar-refractivity contribution in [3.05, 3.63) is 65.9 Å². The third kappa shape index (κ3) is 4.02. The van der Waals surface area contributed by atoms with E-state index < -0.39 is 0 Å². The number of nitrogens with zero attached hydrogens (tertiary/aromatic N) is 6. The lowest BCUT2D eigenvalue weighted by Crippen LogP contribution is -2.31. The number of nitrogens with one attached hydrogen (secondary N) is 1. The highest BCUT2D eigenvalue weighted by molar-refractivity contribution is 5.89. The van der Waals surface area contributed by atoms with Crippen LogP contribution in [0.2, 0.25) is 0 Å². The first-order valence-corrected chi connectivity index (χ1v) is 11.1. The van der Waals surface area contributed by atoms with Crippen molar-refractivity contribution in [2.24, 2.45) is 0 Å². The molecule has 33 heavy (non-hydrogen) atoms. The van der Waals surface area contributed by atoms with E-state index in [1.807, 2.05) is 18.5 Å². The largest absolute Gasteiger partial charge is 0.370 e. The molecule has 1 fully saturated rings. The number of anilines is 3. The Bertz CT molecular complexity index is 1270. The van der Waals surface area contributed by atoms with Gasteiger partial charge in [-0.05, 0) is 81.9 Å². The molecule has 1 aliphatic heterocycles. The van der Waals surface area contributed by atoms with Gasteiger partial charge in [0.25, 0.3) is 0 Å². The van der Waals surface area contributed by atoms with Crippen LogP contribution in [0.25, 0.3) is 16.7 Å². The van der Waals surface area contributed by atoms with Gasteiger partial charge < -0.3 is 15.1 Å². The smallest absolute Gasteiger partial charge is 0.168 e. The molecule has 8 heteroatoms. The van der Waals surface area contributed by atoms with E-state index in [4.69, 9.17) is 0 Å². The van der Waals surface area contributed by atoms with E-state index in [9.17, 15) is 4.39 Å². The second-order valence-corrected chi connectivity index (χ2v) is 8.92. The van der Waals surface area contributed by atoms with Gasteiger partial charge in [0.2, 0.25) is 0 Å². The Morgan fingerprint density at radius 1 is 1.03 bits per heavy atom. The molecule has 1 N–H and O–H groups in total. The lowest BCUT2D eigenvalue weighted by atomic mass is 10.1. The van der Waals surface area contributed by atoms with Crippen molar-refractivity contribution < 1.29 is 4.39 Å². The summed E-state index contributed by atoms with van der Waals surface area (Å²) >= 11 is 0. The zero-order chi connectivity index (χ0) is 23.1. The minimum Gasteiger partial charge on any atom is -0.370 e. The molecule has 0 spiro atoms. The summed E-state index contributed by atoms with van der Waals surface area (Å²) in [5, 5.41) is 8.74. The van der Waals surface area contributed by atoms with Crippen LogP contribution in [0.15, 0.2) is 48.9 Å². The topological polar surface area (TPSA) is 62.1 Å². The normalized spacial score (nSPS) is 16.2. The van der Waals surface area contributed by atoms with Gasteiger partial charge in [0, 0.05) is 30.5 Å². The van der Waals surface area contributed by atoms with Crippen LogP contribution in [-0.2, 0) is 0 Å². The summed E-state index contributed by atoms with van der Waals surface area (Å²) in [5.41, 5.74) is 5.36. The van der Waals surface area contributed by atoms with Gasteiger partial charge in [-0.2, -0.15) is 5.10 Å². The molecule has 0 amide bonds. The molecule has 1 aliphatic rings. The quantitative estimate of drug-likeness (QED) is 0.490. The predicted octanol–water partition coefficient (Wildman–Crippen LogP) is 4.46. The van der Waals surface area contributed by atoms with Crippen molar-refractivity contribution in [3.63, 3.8) is 0 Å². The van der Waals surface area contributed by atoms with Crippen molar-refractivity contribution in [3.8, 4) is 5.69 Å². The molecular formula is C25H28FN7. The van der Waals surface area contributed by atoms with Crippen LogP contribution >= 0.6 is 0 Å². The standard InChI is InChI=1S/C25H28FN7/c1-16-11-18(26)12-17(2)23(16)30-24-22-13-29-33(25(22)28-15-27-24)20-7-5-19(6-8-20)32-10-9-21(14-32)31(3)4/h5-8,11-13,15,21H,9-10,14H2,1-4H3,(H,27,28,30)/t21-/m1/s1. The molecular weight excluding hydrogens is 417 g/mol. The van der Waals surface area contributed by atoms with Crippen LogP contribution in [0.5, 0.6) is 0 Å². The number of aromatic nitrogens is 4. The molecule has 3 heterocycles. The Labute approximate surface area is 192 Å². The fraction of sp³-hybridized carbons (Fsp3) is 0.320. The Morgan fingerprint density at radius 2 is 1.73 bits per heavy atom. The van der Waals surface area contributed by atoms with Gasteiger partial charge in [0.15, 0.2) is 5.65 Å². The number of likely N-dealkylation sites (N-methyl/N-ethyl adjacent to an activating group) is 1. The van der Waals surface area contributed by atoms with Crippen LogP contribution in [-0.4, -0.2) is 57.9 Å². The molecule has 7 nitrogen and oxygen atoms in total. The minimum absolute atomic E-state index is 0.245. The molecule has 2 aromatic carbocycles. The van der Waals surface area contributed by atoms with Gasteiger partial charge in [-0.1, -0.05) is 0 Å². The van der Waals surface area contributed by atoms with E-state index in [0.29, 0.717) is 17.5 Å². The van der Waals surface area contributed by atoms with Crippen LogP contribution in [0.3, 0.4) is 0 Å². The van der Waals surface area contributed by atoms with E-state index in [2.05, 4.69) is 68.5 Å². The highest BCUT2D eigenvalue weighted by Crippen LogP contribution is 2.29. The molecule has 0 radical (unpaired) electrons. The zero-order valence-corrected chi connectivity index (χ0v) is 19.4. The van der Waals surface area contributed by atoms with E-state index >= 15 is 0 Å². The molecule has 0 bridgehead atoms. The Kier molecular flexibility index (Phi) is 5.46. The molecule has 5 rings (SSSR count). The van der Waals surface area contributed by atoms with Gasteiger partial charge in [0.1, 0.15) is 18.0 Å². The first kappa shape index (κ1) is 21.3. The molecule has 4 aromatic rings. The highest BCUT2D eigenvalue weighted by Gasteiger charge is 2.24. The number of hydrogen-bond donors (Lipinski definition) is 1. The maximum absolute atomic E-state index is 13.7. The van der Waals surface area contributed by atoms with Gasteiger partial charge in [-0.3, -0.25) is 0 Å². The van der Waals surface area contributed by atoms with Crippen LogP contribution in [0.4, 0.5) is 21.6 Å². The lowest BCUT2D eigenvalue weighted by molar-refractivity contribution is 0.315. The third-order valence-corrected chi connectivity index (χ3v) is 6.46. The highest BCUT2D eigenvalue weighted by atomic mass is 19.1. The summed E-state index contributed by atoms with van der Waals surface area (Å²) < 4.78 is 15.5. The van der Waals surface area contributed by atoms with E-state index in [1.54, 1.807) is 6.20 Å². The molecule has 2 aromatic heterocycles. The number of benzene rings is 2. The van der Waals surface area contributed by atoms with Gasteiger partial charge in [-0.25, -0.2) is 19.0 Å². The monoisotopic (exact) mass is 445 g/mol. The number of fused-ring (bicyclic) bond motifs is 1. The van der Waals surface area contributed by atoms with Crippen molar-refractivity contribution in [2.75, 3.05) is 37.4 Å².